The van der Waals surface area contributed by atoms with Crippen LogP contribution in [0.3, 0.4) is 0 Å². The van der Waals surface area contributed by atoms with E-state index in [4.69, 9.17) is 16.3 Å². The third-order valence-corrected chi connectivity index (χ3v) is 3.76. The summed E-state index contributed by atoms with van der Waals surface area (Å²) in [6, 6.07) is 8.39. The molecule has 0 saturated heterocycles. The average Bonchev–Trinajstić information content (AvgIpc) is 3.17. The number of hydrogen-bond acceptors (Lipinski definition) is 5. The lowest BCUT2D eigenvalue weighted by atomic mass is 10.1. The molecule has 6 nitrogen and oxygen atoms in total. The predicted molar refractivity (Wildman–Crippen MR) is 75.9 cm³/mol. The summed E-state index contributed by atoms with van der Waals surface area (Å²) >= 11 is 5.81. The van der Waals surface area contributed by atoms with Crippen molar-refractivity contribution in [2.75, 3.05) is 0 Å². The van der Waals surface area contributed by atoms with Gasteiger partial charge in [0.25, 0.3) is 0 Å². The average molecular weight is 318 g/mol. The largest absolute Gasteiger partial charge is 0.483 e. The molecule has 110 valence electrons. The van der Waals surface area contributed by atoms with Crippen molar-refractivity contribution in [2.24, 2.45) is 0 Å². The molecule has 1 aliphatic rings. The summed E-state index contributed by atoms with van der Waals surface area (Å²) in [5.41, 5.74) is 2.21. The number of fused-ring (bicyclic) bond motifs is 1. The second kappa shape index (κ2) is 5.03. The number of H-pyrrole nitrogens is 1. The second-order valence-electron chi connectivity index (χ2n) is 4.88. The Morgan fingerprint density at radius 2 is 2.23 bits per heavy atom. The number of aromatic amines is 1. The Morgan fingerprint density at radius 1 is 1.32 bits per heavy atom. The quantitative estimate of drug-likeness (QED) is 0.786. The standard InChI is InChI=1S/C14H9ClFN5O/c15-8-4-7-5-13(22-12(7)6-9(8)16)10-2-1-3-11(17-10)14-18-20-21-19-14/h1-4,6,13H,5H2,(H,18,19,20,21). The van der Waals surface area contributed by atoms with Crippen LogP contribution in [0.5, 0.6) is 5.75 Å². The Hall–Kier alpha value is -2.54. The number of halogens is 2. The molecule has 2 aromatic heterocycles. The molecule has 4 rings (SSSR count). The Bertz CT molecular complexity index is 808. The fourth-order valence-corrected chi connectivity index (χ4v) is 2.62. The van der Waals surface area contributed by atoms with Crippen LogP contribution in [0.1, 0.15) is 17.4 Å². The number of rotatable bonds is 2. The zero-order valence-electron chi connectivity index (χ0n) is 11.1. The highest BCUT2D eigenvalue weighted by molar-refractivity contribution is 6.30. The van der Waals surface area contributed by atoms with Crippen molar-refractivity contribution in [1.29, 1.82) is 0 Å². The van der Waals surface area contributed by atoms with E-state index in [0.29, 0.717) is 23.7 Å². The number of tetrazole rings is 1. The van der Waals surface area contributed by atoms with E-state index < -0.39 is 5.82 Å². The first-order valence-electron chi connectivity index (χ1n) is 6.56. The van der Waals surface area contributed by atoms with Gasteiger partial charge in [-0.1, -0.05) is 17.7 Å². The molecule has 3 heterocycles. The van der Waals surface area contributed by atoms with Crippen molar-refractivity contribution in [3.8, 4) is 17.3 Å². The van der Waals surface area contributed by atoms with Gasteiger partial charge in [-0.2, -0.15) is 0 Å². The van der Waals surface area contributed by atoms with Crippen LogP contribution in [0.4, 0.5) is 4.39 Å². The zero-order valence-corrected chi connectivity index (χ0v) is 11.9. The minimum atomic E-state index is -0.490. The Labute approximate surface area is 129 Å². The molecule has 0 saturated carbocycles. The number of benzene rings is 1. The molecular formula is C14H9ClFN5O. The van der Waals surface area contributed by atoms with Crippen LogP contribution in [-0.2, 0) is 6.42 Å². The maximum Gasteiger partial charge on any atom is 0.198 e. The number of hydrogen-bond donors (Lipinski definition) is 1. The van der Waals surface area contributed by atoms with Crippen molar-refractivity contribution < 1.29 is 9.13 Å². The van der Waals surface area contributed by atoms with Gasteiger partial charge in [0.1, 0.15) is 23.4 Å². The van der Waals surface area contributed by atoms with Crippen LogP contribution in [0, 0.1) is 5.82 Å². The maximum atomic E-state index is 13.5. The molecule has 0 fully saturated rings. The molecule has 1 unspecified atom stereocenters. The molecule has 0 bridgehead atoms. The minimum Gasteiger partial charge on any atom is -0.483 e. The molecule has 0 radical (unpaired) electrons. The van der Waals surface area contributed by atoms with E-state index in [2.05, 4.69) is 25.6 Å². The monoisotopic (exact) mass is 317 g/mol. The van der Waals surface area contributed by atoms with Gasteiger partial charge >= 0.3 is 0 Å². The van der Waals surface area contributed by atoms with E-state index in [1.165, 1.54) is 6.07 Å². The summed E-state index contributed by atoms with van der Waals surface area (Å²) in [5, 5.41) is 13.6. The van der Waals surface area contributed by atoms with E-state index in [-0.39, 0.29) is 11.1 Å². The first-order chi connectivity index (χ1) is 10.7. The van der Waals surface area contributed by atoms with Gasteiger partial charge in [-0.25, -0.2) is 14.5 Å². The normalized spacial score (nSPS) is 16.4. The first kappa shape index (κ1) is 13.1. The van der Waals surface area contributed by atoms with Crippen LogP contribution < -0.4 is 4.74 Å². The summed E-state index contributed by atoms with van der Waals surface area (Å²) in [6.45, 7) is 0. The van der Waals surface area contributed by atoms with Gasteiger partial charge in [0.2, 0.25) is 0 Å². The fraction of sp³-hybridized carbons (Fsp3) is 0.143. The molecule has 3 aromatic rings. The van der Waals surface area contributed by atoms with Gasteiger partial charge in [-0.05, 0) is 34.2 Å². The minimum absolute atomic E-state index is 0.0949. The lowest BCUT2D eigenvalue weighted by Gasteiger charge is -2.10. The predicted octanol–water partition coefficient (Wildman–Crippen LogP) is 2.73. The highest BCUT2D eigenvalue weighted by Crippen LogP contribution is 2.38. The molecule has 1 N–H and O–H groups in total. The number of nitrogens with one attached hydrogen (secondary N) is 1. The third kappa shape index (κ3) is 2.19. The van der Waals surface area contributed by atoms with Gasteiger partial charge < -0.3 is 4.74 Å². The van der Waals surface area contributed by atoms with E-state index >= 15 is 0 Å². The lowest BCUT2D eigenvalue weighted by molar-refractivity contribution is 0.233. The topological polar surface area (TPSA) is 76.6 Å². The van der Waals surface area contributed by atoms with Crippen LogP contribution in [0.2, 0.25) is 5.02 Å². The highest BCUT2D eigenvalue weighted by atomic mass is 35.5. The van der Waals surface area contributed by atoms with Crippen LogP contribution in [-0.4, -0.2) is 25.6 Å². The van der Waals surface area contributed by atoms with Crippen molar-refractivity contribution >= 4 is 11.6 Å². The molecule has 0 spiro atoms. The smallest absolute Gasteiger partial charge is 0.198 e. The van der Waals surface area contributed by atoms with Crippen molar-refractivity contribution in [3.63, 3.8) is 0 Å². The van der Waals surface area contributed by atoms with E-state index in [9.17, 15) is 4.39 Å². The Kier molecular flexibility index (Phi) is 3.00. The van der Waals surface area contributed by atoms with Crippen molar-refractivity contribution in [1.82, 2.24) is 25.6 Å². The number of aromatic nitrogens is 5. The number of nitrogens with zero attached hydrogens (tertiary/aromatic N) is 4. The lowest BCUT2D eigenvalue weighted by Crippen LogP contribution is -2.06. The number of pyridine rings is 1. The molecule has 1 aliphatic heterocycles. The summed E-state index contributed by atoms with van der Waals surface area (Å²) in [6.07, 6.45) is 0.296. The molecular weight excluding hydrogens is 309 g/mol. The van der Waals surface area contributed by atoms with Crippen molar-refractivity contribution in [2.45, 2.75) is 12.5 Å². The van der Waals surface area contributed by atoms with Crippen LogP contribution in [0.15, 0.2) is 30.3 Å². The SMILES string of the molecule is Fc1cc2c(cc1Cl)CC(c1cccc(-c3nnn[nH]3)n1)O2. The summed E-state index contributed by atoms with van der Waals surface area (Å²) in [5.74, 6) is 0.488. The molecule has 1 atom stereocenters. The van der Waals surface area contributed by atoms with E-state index in [1.807, 2.05) is 12.1 Å². The first-order valence-corrected chi connectivity index (χ1v) is 6.94. The number of ether oxygens (including phenoxy) is 1. The summed E-state index contributed by atoms with van der Waals surface area (Å²) in [7, 11) is 0. The fourth-order valence-electron chi connectivity index (χ4n) is 2.43. The third-order valence-electron chi connectivity index (χ3n) is 3.47. The maximum absolute atomic E-state index is 13.5. The van der Waals surface area contributed by atoms with Crippen molar-refractivity contribution in [3.05, 3.63) is 52.4 Å². The van der Waals surface area contributed by atoms with Crippen LogP contribution >= 0.6 is 11.6 Å². The summed E-state index contributed by atoms with van der Waals surface area (Å²) < 4.78 is 19.3. The van der Waals surface area contributed by atoms with E-state index in [0.717, 1.165) is 11.3 Å². The van der Waals surface area contributed by atoms with Gasteiger partial charge in [0.05, 0.1) is 10.7 Å². The van der Waals surface area contributed by atoms with Gasteiger partial charge in [-0.3, -0.25) is 0 Å². The van der Waals surface area contributed by atoms with Gasteiger partial charge in [-0.15, -0.1) is 5.10 Å². The van der Waals surface area contributed by atoms with E-state index in [1.54, 1.807) is 12.1 Å². The van der Waals surface area contributed by atoms with Crippen LogP contribution in [0.25, 0.3) is 11.5 Å². The molecule has 22 heavy (non-hydrogen) atoms. The Balaban J connectivity index is 1.66. The van der Waals surface area contributed by atoms with Gasteiger partial charge in [0.15, 0.2) is 5.82 Å². The highest BCUT2D eigenvalue weighted by Gasteiger charge is 2.27. The zero-order chi connectivity index (χ0) is 15.1. The molecule has 0 aliphatic carbocycles. The molecule has 0 amide bonds. The molecule has 1 aromatic carbocycles. The summed E-state index contributed by atoms with van der Waals surface area (Å²) in [4.78, 5) is 4.50. The molecule has 8 heteroatoms. The van der Waals surface area contributed by atoms with Gasteiger partial charge in [0, 0.05) is 12.5 Å². The Morgan fingerprint density at radius 3 is 3.05 bits per heavy atom. The second-order valence-corrected chi connectivity index (χ2v) is 5.29.